The summed E-state index contributed by atoms with van der Waals surface area (Å²) in [5.74, 6) is -0.221. The summed E-state index contributed by atoms with van der Waals surface area (Å²) in [5.41, 5.74) is 2.39. The molecule has 1 saturated heterocycles. The van der Waals surface area contributed by atoms with Crippen molar-refractivity contribution in [3.8, 4) is 0 Å². The van der Waals surface area contributed by atoms with Gasteiger partial charge in [0.15, 0.2) is 0 Å². The summed E-state index contributed by atoms with van der Waals surface area (Å²) in [4.78, 5) is 13.5. The molecule has 0 bridgehead atoms. The molecule has 1 atom stereocenters. The van der Waals surface area contributed by atoms with Gasteiger partial charge < -0.3 is 15.2 Å². The fourth-order valence-electron chi connectivity index (χ4n) is 2.50. The Morgan fingerprint density at radius 2 is 2.10 bits per heavy atom. The van der Waals surface area contributed by atoms with Crippen molar-refractivity contribution < 1.29 is 14.6 Å². The molecule has 21 heavy (non-hydrogen) atoms. The minimum Gasteiger partial charge on any atom is -0.465 e. The highest BCUT2D eigenvalue weighted by molar-refractivity contribution is 5.71. The van der Waals surface area contributed by atoms with Crippen molar-refractivity contribution in [3.05, 3.63) is 35.4 Å². The zero-order valence-corrected chi connectivity index (χ0v) is 12.5. The molecule has 1 heterocycles. The third-order valence-electron chi connectivity index (χ3n) is 3.58. The van der Waals surface area contributed by atoms with Crippen molar-refractivity contribution in [2.24, 2.45) is 0 Å². The maximum absolute atomic E-state index is 11.2. The van der Waals surface area contributed by atoms with E-state index in [0.717, 1.165) is 31.6 Å². The molecular weight excluding hydrogens is 268 g/mol. The minimum atomic E-state index is -0.221. The zero-order chi connectivity index (χ0) is 15.1. The van der Waals surface area contributed by atoms with Gasteiger partial charge in [0.25, 0.3) is 0 Å². The Morgan fingerprint density at radius 1 is 1.38 bits per heavy atom. The van der Waals surface area contributed by atoms with Gasteiger partial charge in [0.05, 0.1) is 19.3 Å². The van der Waals surface area contributed by atoms with Crippen LogP contribution in [0.25, 0.3) is 0 Å². The summed E-state index contributed by atoms with van der Waals surface area (Å²) in [6, 6.07) is 8.35. The predicted octanol–water partition coefficient (Wildman–Crippen LogP) is 0.906. The monoisotopic (exact) mass is 292 g/mol. The summed E-state index contributed by atoms with van der Waals surface area (Å²) >= 11 is 0. The molecule has 1 aliphatic heterocycles. The Labute approximate surface area is 125 Å². The number of nitrogens with one attached hydrogen (secondary N) is 1. The highest BCUT2D eigenvalue weighted by Crippen LogP contribution is 2.13. The average molecular weight is 292 g/mol. The number of β-amino-alcohol motifs (C(OH)–C–C–N with tert-alkyl or cyclic N) is 1. The Kier molecular flexibility index (Phi) is 6.17. The molecule has 1 fully saturated rings. The third-order valence-corrected chi connectivity index (χ3v) is 3.58. The lowest BCUT2D eigenvalue weighted by molar-refractivity contribution is -0.142. The third kappa shape index (κ3) is 5.46. The van der Waals surface area contributed by atoms with E-state index in [2.05, 4.69) is 34.5 Å². The molecule has 2 rings (SSSR count). The maximum atomic E-state index is 11.2. The van der Waals surface area contributed by atoms with E-state index in [9.17, 15) is 9.90 Å². The van der Waals surface area contributed by atoms with E-state index in [1.54, 1.807) is 6.92 Å². The predicted molar refractivity (Wildman–Crippen MR) is 80.7 cm³/mol. The molecular formula is C16H24N2O3. The van der Waals surface area contributed by atoms with Gasteiger partial charge in [-0.1, -0.05) is 24.3 Å². The highest BCUT2D eigenvalue weighted by Gasteiger charge is 2.19. The van der Waals surface area contributed by atoms with Crippen molar-refractivity contribution >= 4 is 5.97 Å². The van der Waals surface area contributed by atoms with Gasteiger partial charge in [-0.05, 0) is 24.5 Å². The number of esters is 1. The summed E-state index contributed by atoms with van der Waals surface area (Å²) < 4.78 is 4.85. The number of benzene rings is 1. The molecule has 0 spiro atoms. The summed E-state index contributed by atoms with van der Waals surface area (Å²) in [6.45, 7) is 5.72. The number of aliphatic hydroxyl groups excluding tert-OH is 1. The second kappa shape index (κ2) is 8.12. The molecule has 1 aromatic carbocycles. The van der Waals surface area contributed by atoms with Crippen molar-refractivity contribution in [1.82, 2.24) is 10.2 Å². The van der Waals surface area contributed by atoms with Crippen LogP contribution in [0.2, 0.25) is 0 Å². The average Bonchev–Trinajstić information content (AvgIpc) is 2.86. The smallest absolute Gasteiger partial charge is 0.319 e. The van der Waals surface area contributed by atoms with Crippen molar-refractivity contribution in [2.75, 3.05) is 26.2 Å². The molecule has 0 saturated carbocycles. The molecule has 1 aromatic rings. The summed E-state index contributed by atoms with van der Waals surface area (Å²) in [7, 11) is 0. The van der Waals surface area contributed by atoms with Crippen LogP contribution < -0.4 is 5.32 Å². The number of hydrogen-bond acceptors (Lipinski definition) is 5. The van der Waals surface area contributed by atoms with Crippen LogP contribution >= 0.6 is 0 Å². The first kappa shape index (κ1) is 15.9. The van der Waals surface area contributed by atoms with Gasteiger partial charge in [-0.3, -0.25) is 9.69 Å². The van der Waals surface area contributed by atoms with E-state index in [1.807, 2.05) is 0 Å². The number of aliphatic hydroxyl groups is 1. The van der Waals surface area contributed by atoms with Gasteiger partial charge in [-0.15, -0.1) is 0 Å². The van der Waals surface area contributed by atoms with Gasteiger partial charge in [0.2, 0.25) is 0 Å². The van der Waals surface area contributed by atoms with Crippen LogP contribution in [0.1, 0.15) is 24.5 Å². The lowest BCUT2D eigenvalue weighted by Gasteiger charge is -2.15. The molecule has 1 unspecified atom stereocenters. The highest BCUT2D eigenvalue weighted by atomic mass is 16.5. The Hall–Kier alpha value is -1.43. The number of carbonyl (C=O) groups excluding carboxylic acids is 1. The molecule has 0 amide bonds. The Morgan fingerprint density at radius 3 is 2.71 bits per heavy atom. The van der Waals surface area contributed by atoms with E-state index in [4.69, 9.17) is 4.74 Å². The summed E-state index contributed by atoms with van der Waals surface area (Å²) in [5, 5.41) is 12.6. The van der Waals surface area contributed by atoms with Gasteiger partial charge in [-0.2, -0.15) is 0 Å². The molecule has 2 N–H and O–H groups in total. The largest absolute Gasteiger partial charge is 0.465 e. The van der Waals surface area contributed by atoms with Gasteiger partial charge >= 0.3 is 5.97 Å². The van der Waals surface area contributed by atoms with Crippen LogP contribution in [0.15, 0.2) is 24.3 Å². The van der Waals surface area contributed by atoms with Gasteiger partial charge in [-0.25, -0.2) is 0 Å². The fourth-order valence-corrected chi connectivity index (χ4v) is 2.50. The van der Waals surface area contributed by atoms with Gasteiger partial charge in [0, 0.05) is 26.2 Å². The van der Waals surface area contributed by atoms with Crippen LogP contribution in [0.4, 0.5) is 0 Å². The lowest BCUT2D eigenvalue weighted by Crippen LogP contribution is -2.24. The number of rotatable bonds is 7. The molecule has 5 nitrogen and oxygen atoms in total. The fraction of sp³-hybridized carbons (Fsp3) is 0.562. The molecule has 116 valence electrons. The molecule has 0 radical (unpaired) electrons. The molecule has 1 aliphatic rings. The lowest BCUT2D eigenvalue weighted by atomic mass is 10.1. The Bertz CT molecular complexity index is 447. The zero-order valence-electron chi connectivity index (χ0n) is 12.5. The number of likely N-dealkylation sites (tertiary alicyclic amines) is 1. The first-order valence-corrected chi connectivity index (χ1v) is 7.52. The van der Waals surface area contributed by atoms with Crippen LogP contribution in [0, 0.1) is 0 Å². The van der Waals surface area contributed by atoms with E-state index >= 15 is 0 Å². The summed E-state index contributed by atoms with van der Waals surface area (Å²) in [6.07, 6.45) is 0.701. The SMILES string of the molecule is CCOC(=O)CNCc1ccc(CN2CCC(O)C2)cc1. The van der Waals surface area contributed by atoms with E-state index in [1.165, 1.54) is 5.56 Å². The number of hydrogen-bond donors (Lipinski definition) is 2. The standard InChI is InChI=1S/C16H24N2O3/c1-2-21-16(20)10-17-9-13-3-5-14(6-4-13)11-18-8-7-15(19)12-18/h3-6,15,17,19H,2,7-12H2,1H3. The molecule has 0 aromatic heterocycles. The van der Waals surface area contributed by atoms with Crippen molar-refractivity contribution in [2.45, 2.75) is 32.5 Å². The Balaban J connectivity index is 1.73. The molecule has 5 heteroatoms. The quantitative estimate of drug-likeness (QED) is 0.731. The second-order valence-electron chi connectivity index (χ2n) is 5.40. The van der Waals surface area contributed by atoms with E-state index in [-0.39, 0.29) is 18.6 Å². The van der Waals surface area contributed by atoms with E-state index in [0.29, 0.717) is 13.2 Å². The van der Waals surface area contributed by atoms with Crippen LogP contribution in [0.5, 0.6) is 0 Å². The van der Waals surface area contributed by atoms with Crippen molar-refractivity contribution in [1.29, 1.82) is 0 Å². The van der Waals surface area contributed by atoms with Gasteiger partial charge in [0.1, 0.15) is 0 Å². The number of carbonyl (C=O) groups is 1. The van der Waals surface area contributed by atoms with Crippen LogP contribution in [0.3, 0.4) is 0 Å². The first-order valence-electron chi connectivity index (χ1n) is 7.52. The first-order chi connectivity index (χ1) is 10.2. The normalized spacial score (nSPS) is 18.9. The van der Waals surface area contributed by atoms with Crippen LogP contribution in [-0.2, 0) is 22.6 Å². The van der Waals surface area contributed by atoms with Crippen molar-refractivity contribution in [3.63, 3.8) is 0 Å². The van der Waals surface area contributed by atoms with Crippen LogP contribution in [-0.4, -0.2) is 48.3 Å². The van der Waals surface area contributed by atoms with E-state index < -0.39 is 0 Å². The number of nitrogens with zero attached hydrogens (tertiary/aromatic N) is 1. The topological polar surface area (TPSA) is 61.8 Å². The minimum absolute atomic E-state index is 0.170. The number of ether oxygens (including phenoxy) is 1. The second-order valence-corrected chi connectivity index (χ2v) is 5.40. The maximum Gasteiger partial charge on any atom is 0.319 e. The molecule has 0 aliphatic carbocycles.